The molecule has 0 aliphatic carbocycles. The standard InChI is InChI=1S/C16H18F3N5O/c17-16(18,19)12-3-4-14(23-6-1-2-7-23)13(9-12)22-15(25)5-8-24-11-20-10-21-24/h3-4,9-11H,1-2,5-8H2,(H,22,25). The summed E-state index contributed by atoms with van der Waals surface area (Å²) in [6.07, 6.45) is 0.452. The van der Waals surface area contributed by atoms with Gasteiger partial charge in [0.2, 0.25) is 5.91 Å². The first-order chi connectivity index (χ1) is 11.9. The Bertz CT molecular complexity index is 724. The number of anilines is 2. The van der Waals surface area contributed by atoms with Crippen LogP contribution in [-0.4, -0.2) is 33.8 Å². The SMILES string of the molecule is O=C(CCn1cncn1)Nc1cc(C(F)(F)F)ccc1N1CCCC1. The number of carbonyl (C=O) groups is 1. The molecule has 2 aromatic rings. The molecule has 0 bridgehead atoms. The Morgan fingerprint density at radius 1 is 1.24 bits per heavy atom. The molecule has 1 fully saturated rings. The lowest BCUT2D eigenvalue weighted by Crippen LogP contribution is -2.22. The molecule has 1 amide bonds. The first-order valence-corrected chi connectivity index (χ1v) is 8.02. The number of hydrogen-bond acceptors (Lipinski definition) is 4. The van der Waals surface area contributed by atoms with Crippen LogP contribution < -0.4 is 10.2 Å². The topological polar surface area (TPSA) is 63.1 Å². The zero-order valence-corrected chi connectivity index (χ0v) is 13.5. The van der Waals surface area contributed by atoms with Crippen molar-refractivity contribution in [2.75, 3.05) is 23.3 Å². The zero-order chi connectivity index (χ0) is 17.9. The number of amides is 1. The number of nitrogens with zero attached hydrogens (tertiary/aromatic N) is 4. The van der Waals surface area contributed by atoms with E-state index in [-0.39, 0.29) is 18.0 Å². The monoisotopic (exact) mass is 353 g/mol. The van der Waals surface area contributed by atoms with E-state index in [9.17, 15) is 18.0 Å². The Balaban J connectivity index is 1.77. The molecule has 1 aliphatic heterocycles. The number of aromatic nitrogens is 3. The summed E-state index contributed by atoms with van der Waals surface area (Å²) in [5.74, 6) is -0.365. The van der Waals surface area contributed by atoms with Gasteiger partial charge in [-0.3, -0.25) is 9.48 Å². The lowest BCUT2D eigenvalue weighted by molar-refractivity contribution is -0.137. The minimum absolute atomic E-state index is 0.0963. The number of benzene rings is 1. The number of rotatable bonds is 5. The van der Waals surface area contributed by atoms with Gasteiger partial charge in [-0.2, -0.15) is 18.3 Å². The van der Waals surface area contributed by atoms with Gasteiger partial charge in [0.15, 0.2) is 0 Å². The van der Waals surface area contributed by atoms with Crippen LogP contribution in [0.3, 0.4) is 0 Å². The van der Waals surface area contributed by atoms with Crippen LogP contribution in [-0.2, 0) is 17.5 Å². The number of carbonyl (C=O) groups excluding carboxylic acids is 1. The summed E-state index contributed by atoms with van der Waals surface area (Å²) in [4.78, 5) is 17.9. The lowest BCUT2D eigenvalue weighted by Gasteiger charge is -2.23. The Kier molecular flexibility index (Phi) is 4.91. The fourth-order valence-corrected chi connectivity index (χ4v) is 2.82. The van der Waals surface area contributed by atoms with Crippen LogP contribution >= 0.6 is 0 Å². The molecule has 1 saturated heterocycles. The molecule has 134 valence electrons. The second kappa shape index (κ2) is 7.12. The van der Waals surface area contributed by atoms with E-state index in [4.69, 9.17) is 0 Å². The van der Waals surface area contributed by atoms with Gasteiger partial charge in [-0.15, -0.1) is 0 Å². The van der Waals surface area contributed by atoms with Crippen LogP contribution in [0.15, 0.2) is 30.9 Å². The largest absolute Gasteiger partial charge is 0.416 e. The molecule has 0 saturated carbocycles. The van der Waals surface area contributed by atoms with Crippen molar-refractivity contribution in [1.29, 1.82) is 0 Å². The van der Waals surface area contributed by atoms with Crippen molar-refractivity contribution in [3.05, 3.63) is 36.4 Å². The molecule has 6 nitrogen and oxygen atoms in total. The molecule has 3 rings (SSSR count). The van der Waals surface area contributed by atoms with E-state index in [1.165, 1.54) is 23.4 Å². The van der Waals surface area contributed by atoms with Gasteiger partial charge in [-0.1, -0.05) is 0 Å². The van der Waals surface area contributed by atoms with Crippen LogP contribution in [0, 0.1) is 0 Å². The Morgan fingerprint density at radius 2 is 2.00 bits per heavy atom. The predicted molar refractivity (Wildman–Crippen MR) is 86.2 cm³/mol. The van der Waals surface area contributed by atoms with E-state index in [1.54, 1.807) is 0 Å². The fraction of sp³-hybridized carbons (Fsp3) is 0.438. The second-order valence-electron chi connectivity index (χ2n) is 5.88. The highest BCUT2D eigenvalue weighted by Gasteiger charge is 2.32. The molecule has 9 heteroatoms. The average Bonchev–Trinajstić information content (AvgIpc) is 3.26. The van der Waals surface area contributed by atoms with Crippen LogP contribution in [0.25, 0.3) is 0 Å². The maximum atomic E-state index is 13.0. The highest BCUT2D eigenvalue weighted by molar-refractivity contribution is 5.94. The average molecular weight is 353 g/mol. The Labute approximate surface area is 142 Å². The van der Waals surface area contributed by atoms with E-state index in [0.717, 1.165) is 38.1 Å². The molecule has 1 N–H and O–H groups in total. The molecular formula is C16H18F3N5O. The minimum atomic E-state index is -4.45. The molecule has 1 aromatic heterocycles. The van der Waals surface area contributed by atoms with Crippen molar-refractivity contribution in [3.63, 3.8) is 0 Å². The molecule has 25 heavy (non-hydrogen) atoms. The van der Waals surface area contributed by atoms with Crippen molar-refractivity contribution in [3.8, 4) is 0 Å². The van der Waals surface area contributed by atoms with E-state index in [2.05, 4.69) is 15.4 Å². The van der Waals surface area contributed by atoms with Crippen LogP contribution in [0.2, 0.25) is 0 Å². The predicted octanol–water partition coefficient (Wildman–Crippen LogP) is 2.93. The van der Waals surface area contributed by atoms with Crippen molar-refractivity contribution < 1.29 is 18.0 Å². The highest BCUT2D eigenvalue weighted by atomic mass is 19.4. The van der Waals surface area contributed by atoms with Crippen molar-refractivity contribution >= 4 is 17.3 Å². The van der Waals surface area contributed by atoms with Crippen molar-refractivity contribution in [1.82, 2.24) is 14.8 Å². The van der Waals surface area contributed by atoms with Crippen molar-refractivity contribution in [2.24, 2.45) is 0 Å². The first kappa shape index (κ1) is 17.2. The number of halogens is 3. The summed E-state index contributed by atoms with van der Waals surface area (Å²) < 4.78 is 40.5. The minimum Gasteiger partial charge on any atom is -0.370 e. The molecular weight excluding hydrogens is 335 g/mol. The zero-order valence-electron chi connectivity index (χ0n) is 13.5. The fourth-order valence-electron chi connectivity index (χ4n) is 2.82. The van der Waals surface area contributed by atoms with Gasteiger partial charge in [0.1, 0.15) is 12.7 Å². The van der Waals surface area contributed by atoms with E-state index < -0.39 is 11.7 Å². The van der Waals surface area contributed by atoms with E-state index in [1.807, 2.05) is 4.90 Å². The number of nitrogens with one attached hydrogen (secondary N) is 1. The van der Waals surface area contributed by atoms with Gasteiger partial charge < -0.3 is 10.2 Å². The third kappa shape index (κ3) is 4.28. The Morgan fingerprint density at radius 3 is 2.64 bits per heavy atom. The molecule has 0 unspecified atom stereocenters. The number of hydrogen-bond donors (Lipinski definition) is 1. The Hall–Kier alpha value is -2.58. The third-order valence-electron chi connectivity index (χ3n) is 4.08. The second-order valence-corrected chi connectivity index (χ2v) is 5.88. The smallest absolute Gasteiger partial charge is 0.370 e. The highest BCUT2D eigenvalue weighted by Crippen LogP contribution is 2.36. The van der Waals surface area contributed by atoms with Crippen LogP contribution in [0.1, 0.15) is 24.8 Å². The first-order valence-electron chi connectivity index (χ1n) is 8.02. The third-order valence-corrected chi connectivity index (χ3v) is 4.08. The summed E-state index contributed by atoms with van der Waals surface area (Å²) in [7, 11) is 0. The van der Waals surface area contributed by atoms with Gasteiger partial charge in [-0.05, 0) is 31.0 Å². The van der Waals surface area contributed by atoms with Gasteiger partial charge in [0, 0.05) is 19.5 Å². The van der Waals surface area contributed by atoms with Crippen LogP contribution in [0.4, 0.5) is 24.5 Å². The molecule has 0 atom stereocenters. The molecule has 0 spiro atoms. The summed E-state index contributed by atoms with van der Waals surface area (Å²) in [6, 6.07) is 3.49. The van der Waals surface area contributed by atoms with E-state index >= 15 is 0 Å². The maximum Gasteiger partial charge on any atom is 0.416 e. The quantitative estimate of drug-likeness (QED) is 0.898. The van der Waals surface area contributed by atoms with Gasteiger partial charge in [0.05, 0.1) is 23.5 Å². The number of alkyl halides is 3. The maximum absolute atomic E-state index is 13.0. The molecule has 0 radical (unpaired) electrons. The number of aryl methyl sites for hydroxylation is 1. The summed E-state index contributed by atoms with van der Waals surface area (Å²) >= 11 is 0. The van der Waals surface area contributed by atoms with Gasteiger partial charge >= 0.3 is 6.18 Å². The summed E-state index contributed by atoms with van der Waals surface area (Å²) in [5.41, 5.74) is 0.0435. The molecule has 1 aromatic carbocycles. The summed E-state index contributed by atoms with van der Waals surface area (Å²) in [6.45, 7) is 1.85. The van der Waals surface area contributed by atoms with Gasteiger partial charge in [-0.25, -0.2) is 4.98 Å². The van der Waals surface area contributed by atoms with Gasteiger partial charge in [0.25, 0.3) is 0 Å². The lowest BCUT2D eigenvalue weighted by atomic mass is 10.1. The molecule has 2 heterocycles. The van der Waals surface area contributed by atoms with Crippen molar-refractivity contribution in [2.45, 2.75) is 32.0 Å². The van der Waals surface area contributed by atoms with Crippen LogP contribution in [0.5, 0.6) is 0 Å². The summed E-state index contributed by atoms with van der Waals surface area (Å²) in [5, 5.41) is 6.51. The molecule has 1 aliphatic rings. The van der Waals surface area contributed by atoms with E-state index in [0.29, 0.717) is 12.2 Å². The normalized spacial score (nSPS) is 14.8.